The first-order chi connectivity index (χ1) is 3.86. The van der Waals surface area contributed by atoms with Gasteiger partial charge in [-0.15, -0.1) is 0 Å². The SMILES string of the molecule is F[C@H]1C[C@H]2C[C@@H]1CN2. The predicted octanol–water partition coefficient (Wildman–Crippen LogP) is 0.706. The molecule has 8 heavy (non-hydrogen) atoms. The third-order valence-electron chi connectivity index (χ3n) is 2.28. The van der Waals surface area contributed by atoms with Crippen LogP contribution in [0.1, 0.15) is 12.8 Å². The molecule has 2 rings (SSSR count). The molecule has 1 saturated heterocycles. The van der Waals surface area contributed by atoms with Gasteiger partial charge in [0.25, 0.3) is 0 Å². The Bertz CT molecular complexity index is 103. The van der Waals surface area contributed by atoms with Crippen LogP contribution in [-0.4, -0.2) is 18.8 Å². The Balaban J connectivity index is 2.11. The molecule has 1 heterocycles. The minimum absolute atomic E-state index is 0.361. The van der Waals surface area contributed by atoms with E-state index in [9.17, 15) is 4.39 Å². The first kappa shape index (κ1) is 4.74. The molecule has 2 bridgehead atoms. The maximum Gasteiger partial charge on any atom is 0.106 e. The van der Waals surface area contributed by atoms with Crippen molar-refractivity contribution in [1.29, 1.82) is 0 Å². The highest BCUT2D eigenvalue weighted by molar-refractivity contribution is 4.95. The molecule has 0 unspecified atom stereocenters. The molecule has 0 aromatic heterocycles. The molecule has 3 atom stereocenters. The van der Waals surface area contributed by atoms with Gasteiger partial charge in [-0.05, 0) is 12.8 Å². The van der Waals surface area contributed by atoms with E-state index in [1.807, 2.05) is 0 Å². The van der Waals surface area contributed by atoms with Crippen LogP contribution in [0.5, 0.6) is 0 Å². The number of fused-ring (bicyclic) bond motifs is 2. The topological polar surface area (TPSA) is 12.0 Å². The molecule has 46 valence electrons. The van der Waals surface area contributed by atoms with E-state index in [0.29, 0.717) is 12.0 Å². The van der Waals surface area contributed by atoms with Crippen LogP contribution in [0.15, 0.2) is 0 Å². The zero-order valence-corrected chi connectivity index (χ0v) is 4.73. The summed E-state index contributed by atoms with van der Waals surface area (Å²) in [7, 11) is 0. The number of nitrogens with one attached hydrogen (secondary N) is 1. The largest absolute Gasteiger partial charge is 0.313 e. The highest BCUT2D eigenvalue weighted by Crippen LogP contribution is 2.32. The molecule has 0 radical (unpaired) electrons. The molecule has 2 aliphatic rings. The average molecular weight is 115 g/mol. The predicted molar refractivity (Wildman–Crippen MR) is 29.4 cm³/mol. The van der Waals surface area contributed by atoms with Crippen molar-refractivity contribution >= 4 is 0 Å². The third kappa shape index (κ3) is 0.494. The van der Waals surface area contributed by atoms with Gasteiger partial charge in [0, 0.05) is 18.5 Å². The van der Waals surface area contributed by atoms with E-state index in [-0.39, 0.29) is 0 Å². The number of piperidine rings is 1. The number of halogens is 1. The Labute approximate surface area is 48.3 Å². The van der Waals surface area contributed by atoms with Crippen molar-refractivity contribution in [2.24, 2.45) is 5.92 Å². The van der Waals surface area contributed by atoms with E-state index in [1.165, 1.54) is 0 Å². The fourth-order valence-corrected chi connectivity index (χ4v) is 1.77. The van der Waals surface area contributed by atoms with Gasteiger partial charge in [-0.1, -0.05) is 0 Å². The van der Waals surface area contributed by atoms with Crippen molar-refractivity contribution in [2.45, 2.75) is 25.1 Å². The molecule has 2 fully saturated rings. The number of alkyl halides is 1. The molecule has 0 spiro atoms. The highest BCUT2D eigenvalue weighted by Gasteiger charge is 2.39. The monoisotopic (exact) mass is 115 g/mol. The van der Waals surface area contributed by atoms with E-state index in [2.05, 4.69) is 5.32 Å². The summed E-state index contributed by atoms with van der Waals surface area (Å²) in [5, 5.41) is 3.25. The van der Waals surface area contributed by atoms with E-state index >= 15 is 0 Å². The van der Waals surface area contributed by atoms with Crippen molar-refractivity contribution in [3.8, 4) is 0 Å². The van der Waals surface area contributed by atoms with Crippen LogP contribution in [0.2, 0.25) is 0 Å². The lowest BCUT2D eigenvalue weighted by atomic mass is 10.1. The first-order valence-corrected chi connectivity index (χ1v) is 3.24. The average Bonchev–Trinajstić information content (AvgIpc) is 2.23. The fraction of sp³-hybridized carbons (Fsp3) is 1.00. The van der Waals surface area contributed by atoms with Gasteiger partial charge in [0.05, 0.1) is 0 Å². The van der Waals surface area contributed by atoms with Crippen LogP contribution in [0.4, 0.5) is 4.39 Å². The van der Waals surface area contributed by atoms with E-state index in [1.54, 1.807) is 0 Å². The molecule has 1 aliphatic carbocycles. The summed E-state index contributed by atoms with van der Waals surface area (Å²) in [6.45, 7) is 0.922. The zero-order chi connectivity index (χ0) is 5.56. The molecule has 1 aliphatic heterocycles. The van der Waals surface area contributed by atoms with Crippen molar-refractivity contribution < 1.29 is 4.39 Å². The van der Waals surface area contributed by atoms with Gasteiger partial charge in [-0.25, -0.2) is 4.39 Å². The molecule has 0 aromatic rings. The summed E-state index contributed by atoms with van der Waals surface area (Å²) in [5.74, 6) is 0.361. The second-order valence-corrected chi connectivity index (χ2v) is 2.85. The van der Waals surface area contributed by atoms with E-state index < -0.39 is 6.17 Å². The standard InChI is InChI=1S/C6H10FN/c7-6-2-5-1-4(6)3-8-5/h4-6,8H,1-3H2/t4-,5-,6+/m1/s1. The van der Waals surface area contributed by atoms with Crippen LogP contribution in [-0.2, 0) is 0 Å². The Morgan fingerprint density at radius 3 is 2.50 bits per heavy atom. The Morgan fingerprint density at radius 1 is 1.38 bits per heavy atom. The second kappa shape index (κ2) is 1.44. The molecule has 0 amide bonds. The van der Waals surface area contributed by atoms with Crippen LogP contribution in [0, 0.1) is 5.92 Å². The smallest absolute Gasteiger partial charge is 0.106 e. The lowest BCUT2D eigenvalue weighted by Crippen LogP contribution is -2.30. The molecule has 1 N–H and O–H groups in total. The normalized spacial score (nSPS) is 52.9. The number of hydrogen-bond donors (Lipinski definition) is 1. The minimum Gasteiger partial charge on any atom is -0.313 e. The lowest BCUT2D eigenvalue weighted by molar-refractivity contribution is 0.242. The maximum atomic E-state index is 12.6. The van der Waals surface area contributed by atoms with Gasteiger partial charge in [-0.2, -0.15) is 0 Å². The van der Waals surface area contributed by atoms with E-state index in [0.717, 1.165) is 19.4 Å². The summed E-state index contributed by atoms with van der Waals surface area (Å²) in [5.41, 5.74) is 0. The molecule has 1 nitrogen and oxygen atoms in total. The fourth-order valence-electron chi connectivity index (χ4n) is 1.77. The van der Waals surface area contributed by atoms with Crippen LogP contribution < -0.4 is 5.32 Å². The summed E-state index contributed by atoms with van der Waals surface area (Å²) in [6.07, 6.45) is 1.37. The van der Waals surface area contributed by atoms with Crippen LogP contribution in [0.25, 0.3) is 0 Å². The summed E-state index contributed by atoms with van der Waals surface area (Å²) < 4.78 is 12.6. The number of hydrogen-bond acceptors (Lipinski definition) is 1. The van der Waals surface area contributed by atoms with Gasteiger partial charge in [-0.3, -0.25) is 0 Å². The summed E-state index contributed by atoms with van der Waals surface area (Å²) in [6, 6.07) is 0.523. The van der Waals surface area contributed by atoms with Gasteiger partial charge >= 0.3 is 0 Å². The highest BCUT2D eigenvalue weighted by atomic mass is 19.1. The van der Waals surface area contributed by atoms with E-state index in [4.69, 9.17) is 0 Å². The molecular weight excluding hydrogens is 105 g/mol. The quantitative estimate of drug-likeness (QED) is 0.490. The summed E-state index contributed by atoms with van der Waals surface area (Å²) in [4.78, 5) is 0. The molecule has 0 aromatic carbocycles. The van der Waals surface area contributed by atoms with Crippen molar-refractivity contribution in [1.82, 2.24) is 5.32 Å². The molecule has 1 saturated carbocycles. The van der Waals surface area contributed by atoms with Crippen molar-refractivity contribution in [2.75, 3.05) is 6.54 Å². The third-order valence-corrected chi connectivity index (χ3v) is 2.28. The van der Waals surface area contributed by atoms with Gasteiger partial charge in [0.1, 0.15) is 6.17 Å². The van der Waals surface area contributed by atoms with Crippen LogP contribution >= 0.6 is 0 Å². The Morgan fingerprint density at radius 2 is 2.25 bits per heavy atom. The van der Waals surface area contributed by atoms with Gasteiger partial charge in [0.15, 0.2) is 0 Å². The zero-order valence-electron chi connectivity index (χ0n) is 4.73. The number of rotatable bonds is 0. The molecule has 2 heteroatoms. The second-order valence-electron chi connectivity index (χ2n) is 2.85. The van der Waals surface area contributed by atoms with Gasteiger partial charge < -0.3 is 5.32 Å². The molecular formula is C6H10FN. The van der Waals surface area contributed by atoms with Crippen LogP contribution in [0.3, 0.4) is 0 Å². The minimum atomic E-state index is -0.485. The first-order valence-electron chi connectivity index (χ1n) is 3.24. The Hall–Kier alpha value is -0.110. The maximum absolute atomic E-state index is 12.6. The lowest BCUT2D eigenvalue weighted by Gasteiger charge is -2.13. The Kier molecular flexibility index (Phi) is 0.852. The van der Waals surface area contributed by atoms with Crippen molar-refractivity contribution in [3.63, 3.8) is 0 Å². The van der Waals surface area contributed by atoms with Gasteiger partial charge in [0.2, 0.25) is 0 Å². The van der Waals surface area contributed by atoms with Crippen molar-refractivity contribution in [3.05, 3.63) is 0 Å². The summed E-state index contributed by atoms with van der Waals surface area (Å²) >= 11 is 0.